The van der Waals surface area contributed by atoms with Gasteiger partial charge in [-0.25, -0.2) is 9.48 Å². The molecule has 1 aromatic heterocycles. The number of hydrogen-bond acceptors (Lipinski definition) is 4. The van der Waals surface area contributed by atoms with Crippen molar-refractivity contribution in [1.29, 1.82) is 0 Å². The van der Waals surface area contributed by atoms with Crippen LogP contribution in [-0.4, -0.2) is 22.4 Å². The number of hydrogen-bond donors (Lipinski definition) is 0. The van der Waals surface area contributed by atoms with Gasteiger partial charge in [0.05, 0.1) is 12.3 Å². The normalized spacial score (nSPS) is 12.1. The number of esters is 1. The van der Waals surface area contributed by atoms with Gasteiger partial charge in [-0.2, -0.15) is 5.10 Å². The average Bonchev–Trinajstić information content (AvgIpc) is 3.03. The first-order valence-corrected chi connectivity index (χ1v) is 8.27. The molecule has 25 heavy (non-hydrogen) atoms. The Morgan fingerprint density at radius 3 is 2.72 bits per heavy atom. The first kappa shape index (κ1) is 15.4. The highest BCUT2D eigenvalue weighted by molar-refractivity contribution is 5.96. The number of carbonyl (C=O) groups excluding carboxylic acids is 1. The number of rotatable bonds is 3. The number of aromatic nitrogens is 2. The highest BCUT2D eigenvalue weighted by atomic mass is 16.5. The number of carbonyl (C=O) groups is 1. The van der Waals surface area contributed by atoms with E-state index in [1.165, 1.54) is 0 Å². The Morgan fingerprint density at radius 2 is 1.96 bits per heavy atom. The summed E-state index contributed by atoms with van der Waals surface area (Å²) in [6.07, 6.45) is 0. The second-order valence-electron chi connectivity index (χ2n) is 5.92. The summed E-state index contributed by atoms with van der Waals surface area (Å²) < 4.78 is 12.9. The molecule has 4 rings (SSSR count). The van der Waals surface area contributed by atoms with Crippen molar-refractivity contribution in [2.45, 2.75) is 20.5 Å². The van der Waals surface area contributed by atoms with Gasteiger partial charge < -0.3 is 9.47 Å². The van der Waals surface area contributed by atoms with Gasteiger partial charge in [-0.1, -0.05) is 42.0 Å². The summed E-state index contributed by atoms with van der Waals surface area (Å²) in [5, 5.41) is 4.57. The lowest BCUT2D eigenvalue weighted by atomic mass is 10.0. The van der Waals surface area contributed by atoms with Crippen molar-refractivity contribution in [3.63, 3.8) is 0 Å². The van der Waals surface area contributed by atoms with Crippen molar-refractivity contribution in [3.05, 3.63) is 65.5 Å². The fourth-order valence-electron chi connectivity index (χ4n) is 3.05. The van der Waals surface area contributed by atoms with Gasteiger partial charge in [-0.15, -0.1) is 0 Å². The predicted octanol–water partition coefficient (Wildman–Crippen LogP) is 3.92. The summed E-state index contributed by atoms with van der Waals surface area (Å²) in [6, 6.07) is 15.7. The lowest BCUT2D eigenvalue weighted by Crippen LogP contribution is -2.13. The second-order valence-corrected chi connectivity index (χ2v) is 5.92. The fraction of sp³-hybridized carbons (Fsp3) is 0.200. The van der Waals surface area contributed by atoms with E-state index < -0.39 is 5.97 Å². The summed E-state index contributed by atoms with van der Waals surface area (Å²) in [5.74, 6) is 0.334. The minimum Gasteiger partial charge on any atom is -0.485 e. The quantitative estimate of drug-likeness (QED) is 0.681. The molecular formula is C20H18N2O3. The third-order valence-corrected chi connectivity index (χ3v) is 4.25. The molecule has 1 aliphatic rings. The van der Waals surface area contributed by atoms with Crippen molar-refractivity contribution in [3.8, 4) is 22.6 Å². The molecule has 0 atom stereocenters. The lowest BCUT2D eigenvalue weighted by molar-refractivity contribution is 0.0520. The van der Waals surface area contributed by atoms with Gasteiger partial charge >= 0.3 is 5.97 Å². The van der Waals surface area contributed by atoms with E-state index in [4.69, 9.17) is 9.47 Å². The van der Waals surface area contributed by atoms with Gasteiger partial charge in [0.15, 0.2) is 5.69 Å². The molecule has 0 N–H and O–H groups in total. The van der Waals surface area contributed by atoms with Crippen LogP contribution in [0.3, 0.4) is 0 Å². The average molecular weight is 334 g/mol. The zero-order valence-electron chi connectivity index (χ0n) is 14.2. The number of ether oxygens (including phenoxy) is 2. The maximum absolute atomic E-state index is 12.5. The van der Waals surface area contributed by atoms with Crippen LogP contribution in [0.25, 0.3) is 16.8 Å². The van der Waals surface area contributed by atoms with E-state index in [0.717, 1.165) is 33.8 Å². The van der Waals surface area contributed by atoms with Gasteiger partial charge in [0.25, 0.3) is 0 Å². The zero-order valence-corrected chi connectivity index (χ0v) is 14.2. The van der Waals surface area contributed by atoms with E-state index in [-0.39, 0.29) is 0 Å². The van der Waals surface area contributed by atoms with Crippen LogP contribution >= 0.6 is 0 Å². The summed E-state index contributed by atoms with van der Waals surface area (Å²) in [6.45, 7) is 4.48. The molecule has 3 aromatic rings. The van der Waals surface area contributed by atoms with E-state index >= 15 is 0 Å². The number of nitrogens with zero attached hydrogens (tertiary/aromatic N) is 2. The Kier molecular flexibility index (Phi) is 3.76. The fourth-order valence-corrected chi connectivity index (χ4v) is 3.05. The van der Waals surface area contributed by atoms with E-state index in [1.807, 2.05) is 55.5 Å². The maximum atomic E-state index is 12.5. The minimum absolute atomic E-state index is 0.307. The van der Waals surface area contributed by atoms with Gasteiger partial charge in [0.1, 0.15) is 18.0 Å². The Morgan fingerprint density at radius 1 is 1.20 bits per heavy atom. The van der Waals surface area contributed by atoms with Crippen LogP contribution in [0.5, 0.6) is 5.75 Å². The van der Waals surface area contributed by atoms with E-state index in [0.29, 0.717) is 18.9 Å². The van der Waals surface area contributed by atoms with E-state index in [1.54, 1.807) is 11.6 Å². The zero-order chi connectivity index (χ0) is 17.4. The van der Waals surface area contributed by atoms with Crippen molar-refractivity contribution in [2.24, 2.45) is 0 Å². The van der Waals surface area contributed by atoms with Crippen LogP contribution in [0.1, 0.15) is 28.7 Å². The molecule has 126 valence electrons. The summed E-state index contributed by atoms with van der Waals surface area (Å²) in [7, 11) is 0. The molecule has 0 saturated carbocycles. The van der Waals surface area contributed by atoms with Crippen LogP contribution in [0.15, 0.2) is 48.5 Å². The molecule has 5 nitrogen and oxygen atoms in total. The van der Waals surface area contributed by atoms with Gasteiger partial charge in [-0.05, 0) is 31.5 Å². The predicted molar refractivity (Wildman–Crippen MR) is 94.0 cm³/mol. The molecule has 0 amide bonds. The van der Waals surface area contributed by atoms with Crippen molar-refractivity contribution >= 4 is 5.97 Å². The third kappa shape index (κ3) is 2.58. The standard InChI is InChI=1S/C20H18N2O3/c1-3-24-20(23)19-18(14-10-8-13(2)9-11-14)16-12-25-17-7-5-4-6-15(17)22(16)21-19/h4-11H,3,12H2,1-2H3. The lowest BCUT2D eigenvalue weighted by Gasteiger charge is -2.19. The molecule has 0 spiro atoms. The Balaban J connectivity index is 1.95. The SMILES string of the molecule is CCOC(=O)c1nn2c(c1-c1ccc(C)cc1)COc1ccccc1-2. The third-order valence-electron chi connectivity index (χ3n) is 4.25. The van der Waals surface area contributed by atoms with Crippen LogP contribution in [0.4, 0.5) is 0 Å². The van der Waals surface area contributed by atoms with Crippen LogP contribution in [0.2, 0.25) is 0 Å². The van der Waals surface area contributed by atoms with Gasteiger partial charge in [0.2, 0.25) is 0 Å². The molecule has 0 aliphatic carbocycles. The number of aryl methyl sites for hydroxylation is 1. The van der Waals surface area contributed by atoms with Crippen molar-refractivity contribution < 1.29 is 14.3 Å². The molecule has 0 unspecified atom stereocenters. The number of benzene rings is 2. The topological polar surface area (TPSA) is 53.3 Å². The second kappa shape index (κ2) is 6.09. The highest BCUT2D eigenvalue weighted by Crippen LogP contribution is 2.36. The van der Waals surface area contributed by atoms with Crippen LogP contribution < -0.4 is 4.74 Å². The molecule has 5 heteroatoms. The Labute approximate surface area is 145 Å². The van der Waals surface area contributed by atoms with E-state index in [2.05, 4.69) is 5.10 Å². The first-order valence-electron chi connectivity index (χ1n) is 8.27. The van der Waals surface area contributed by atoms with Crippen LogP contribution in [0, 0.1) is 6.92 Å². The molecule has 2 aromatic carbocycles. The highest BCUT2D eigenvalue weighted by Gasteiger charge is 2.29. The molecule has 0 fully saturated rings. The molecular weight excluding hydrogens is 316 g/mol. The maximum Gasteiger partial charge on any atom is 0.359 e. The molecule has 0 radical (unpaired) electrons. The van der Waals surface area contributed by atoms with Crippen molar-refractivity contribution in [1.82, 2.24) is 9.78 Å². The van der Waals surface area contributed by atoms with Crippen molar-refractivity contribution in [2.75, 3.05) is 6.61 Å². The molecule has 1 aliphatic heterocycles. The first-order chi connectivity index (χ1) is 12.2. The Hall–Kier alpha value is -3.08. The number of fused-ring (bicyclic) bond motifs is 3. The van der Waals surface area contributed by atoms with Gasteiger partial charge in [-0.3, -0.25) is 0 Å². The smallest absolute Gasteiger partial charge is 0.359 e. The van der Waals surface area contributed by atoms with Gasteiger partial charge in [0, 0.05) is 5.56 Å². The molecule has 0 bridgehead atoms. The molecule has 2 heterocycles. The minimum atomic E-state index is -0.419. The van der Waals surface area contributed by atoms with E-state index in [9.17, 15) is 4.79 Å². The summed E-state index contributed by atoms with van der Waals surface area (Å²) in [4.78, 5) is 12.5. The summed E-state index contributed by atoms with van der Waals surface area (Å²) >= 11 is 0. The summed E-state index contributed by atoms with van der Waals surface area (Å²) in [5.41, 5.74) is 4.86. The molecule has 0 saturated heterocycles. The Bertz CT molecular complexity index is 942. The largest absolute Gasteiger partial charge is 0.485 e. The number of para-hydroxylation sites is 2. The monoisotopic (exact) mass is 334 g/mol. The van der Waals surface area contributed by atoms with Crippen LogP contribution in [-0.2, 0) is 11.3 Å².